The number of fused-ring (bicyclic) bond motifs is 2. The maximum absolute atomic E-state index is 14.4. The van der Waals surface area contributed by atoms with E-state index in [1.165, 1.54) is 0 Å². The van der Waals surface area contributed by atoms with Crippen molar-refractivity contribution in [2.75, 3.05) is 44.1 Å². The Morgan fingerprint density at radius 2 is 1.28 bits per heavy atom. The second kappa shape index (κ2) is 18.6. The number of benzene rings is 4. The third kappa shape index (κ3) is 8.94. The molecule has 2 heterocycles. The first-order chi connectivity index (χ1) is 25.8. The van der Waals surface area contributed by atoms with Crippen LogP contribution in [0.3, 0.4) is 0 Å². The van der Waals surface area contributed by atoms with E-state index < -0.39 is 30.5 Å². The van der Waals surface area contributed by atoms with Crippen molar-refractivity contribution < 1.29 is 42.8 Å². The summed E-state index contributed by atoms with van der Waals surface area (Å²) in [6.07, 6.45) is -0.952. The minimum absolute atomic E-state index is 0.151. The van der Waals surface area contributed by atoms with Crippen LogP contribution in [0.25, 0.3) is 0 Å². The Kier molecular flexibility index (Phi) is 13.7. The number of esters is 2. The zero-order valence-electron chi connectivity index (χ0n) is 30.9. The molecule has 11 heteroatoms. The molecule has 4 aromatic rings. The quantitative estimate of drug-likeness (QED) is 0.0740. The minimum Gasteiger partial charge on any atom is -0.462 e. The fourth-order valence-electron chi connectivity index (χ4n) is 6.47. The molecule has 0 amide bonds. The van der Waals surface area contributed by atoms with Crippen molar-refractivity contribution >= 4 is 29.1 Å². The van der Waals surface area contributed by atoms with E-state index in [2.05, 4.69) is 5.32 Å². The van der Waals surface area contributed by atoms with Crippen molar-refractivity contribution in [1.29, 1.82) is 0 Å². The lowest BCUT2D eigenvalue weighted by Gasteiger charge is -2.35. The van der Waals surface area contributed by atoms with Crippen LogP contribution in [-0.4, -0.2) is 50.8 Å². The number of nitrogens with one attached hydrogen (secondary N) is 1. The van der Waals surface area contributed by atoms with Gasteiger partial charge in [-0.1, -0.05) is 60.7 Å². The Labute approximate surface area is 310 Å². The third-order valence-electron chi connectivity index (χ3n) is 8.92. The van der Waals surface area contributed by atoms with Crippen LogP contribution in [0.2, 0.25) is 0 Å². The zero-order chi connectivity index (χ0) is 37.9. The number of Topliss-reactive ketones (excluding diaryl/α,β-unsaturated/α-hetero) is 1. The molecule has 11 nitrogen and oxygen atoms in total. The summed E-state index contributed by atoms with van der Waals surface area (Å²) in [5.74, 6) is -1.55. The van der Waals surface area contributed by atoms with Gasteiger partial charge >= 0.3 is 11.9 Å². The molecule has 0 fully saturated rings. The average molecular weight is 725 g/mol. The summed E-state index contributed by atoms with van der Waals surface area (Å²) in [5.41, 5.74) is 12.3. The Balaban J connectivity index is 0.000000416. The summed E-state index contributed by atoms with van der Waals surface area (Å²) in [7, 11) is 0. The normalized spacial score (nSPS) is 16.0. The predicted molar refractivity (Wildman–Crippen MR) is 201 cm³/mol. The van der Waals surface area contributed by atoms with Crippen molar-refractivity contribution in [3.05, 3.63) is 129 Å². The lowest BCUT2D eigenvalue weighted by atomic mass is 9.77. The van der Waals surface area contributed by atoms with E-state index in [0.29, 0.717) is 55.5 Å². The van der Waals surface area contributed by atoms with Crippen LogP contribution in [0, 0.1) is 0 Å². The summed E-state index contributed by atoms with van der Waals surface area (Å²) in [6.45, 7) is 12.1. The van der Waals surface area contributed by atoms with E-state index in [1.54, 1.807) is 37.3 Å². The van der Waals surface area contributed by atoms with Crippen molar-refractivity contribution in [1.82, 2.24) is 0 Å². The highest BCUT2D eigenvalue weighted by Crippen LogP contribution is 2.44. The van der Waals surface area contributed by atoms with Gasteiger partial charge in [-0.05, 0) is 70.0 Å². The molecule has 3 N–H and O–H groups in total. The minimum atomic E-state index is -0.611. The molecule has 2 unspecified atom stereocenters. The average Bonchev–Trinajstić information content (AvgIpc) is 3.56. The van der Waals surface area contributed by atoms with E-state index in [9.17, 15) is 14.4 Å². The number of rotatable bonds is 14. The number of cyclic esters (lactones) is 1. The van der Waals surface area contributed by atoms with E-state index in [4.69, 9.17) is 34.2 Å². The summed E-state index contributed by atoms with van der Waals surface area (Å²) >= 11 is 0. The SMILES string of the molecule is CCOC(=O)c1cccc2c1C(=O)C(c1ccc(C(OCC)OCC)cc1)C(c1ccc(C(OCC)OCC)cc1)N2.Nc1cccc2c1COC2=O. The second-order valence-corrected chi connectivity index (χ2v) is 12.2. The number of carbonyl (C=O) groups is 3. The highest BCUT2D eigenvalue weighted by Gasteiger charge is 2.40. The number of hydrogen-bond acceptors (Lipinski definition) is 11. The molecule has 2 aliphatic rings. The Morgan fingerprint density at radius 1 is 0.736 bits per heavy atom. The summed E-state index contributed by atoms with van der Waals surface area (Å²) in [4.78, 5) is 38.2. The standard InChI is InChI=1S/C34H41NO7.C8H7NO2/c1-6-38-32(37)26-12-11-13-27-29(26)31(36)28(22-14-18-24(19-15-22)33(39-7-2)40-8-3)30(35-27)23-16-20-25(21-17-23)34(41-9-4)42-10-5;9-7-3-1-2-5-6(7)4-11-8(5)10/h11-21,28,30,33-35H,6-10H2,1-5H3;1-3H,4,9H2. The smallest absolute Gasteiger partial charge is 0.338 e. The van der Waals surface area contributed by atoms with Gasteiger partial charge in [-0.3, -0.25) is 4.79 Å². The number of nitrogens with two attached hydrogens (primary N) is 1. The number of anilines is 2. The number of nitrogen functional groups attached to an aromatic ring is 1. The fraction of sp³-hybridized carbons (Fsp3) is 0.357. The lowest BCUT2D eigenvalue weighted by molar-refractivity contribution is -0.140. The van der Waals surface area contributed by atoms with Crippen molar-refractivity contribution in [3.8, 4) is 0 Å². The molecular weight excluding hydrogens is 676 g/mol. The van der Waals surface area contributed by atoms with E-state index in [0.717, 1.165) is 27.8 Å². The van der Waals surface area contributed by atoms with Crippen LogP contribution in [0.1, 0.15) is 118 Å². The van der Waals surface area contributed by atoms with Crippen LogP contribution in [-0.2, 0) is 35.0 Å². The highest BCUT2D eigenvalue weighted by atomic mass is 16.7. The van der Waals surface area contributed by atoms with Gasteiger partial charge in [0.15, 0.2) is 18.4 Å². The van der Waals surface area contributed by atoms with Gasteiger partial charge in [0, 0.05) is 54.5 Å². The van der Waals surface area contributed by atoms with Gasteiger partial charge in [-0.2, -0.15) is 0 Å². The van der Waals surface area contributed by atoms with Crippen LogP contribution in [0.15, 0.2) is 84.9 Å². The van der Waals surface area contributed by atoms with Gasteiger partial charge in [-0.25, -0.2) is 9.59 Å². The third-order valence-corrected chi connectivity index (χ3v) is 8.92. The van der Waals surface area contributed by atoms with Crippen LogP contribution in [0.5, 0.6) is 0 Å². The van der Waals surface area contributed by atoms with Gasteiger partial charge in [-0.15, -0.1) is 0 Å². The van der Waals surface area contributed by atoms with Gasteiger partial charge in [0.25, 0.3) is 0 Å². The van der Waals surface area contributed by atoms with Gasteiger partial charge in [0.05, 0.1) is 35.3 Å². The Bertz CT molecular complexity index is 1850. The van der Waals surface area contributed by atoms with Gasteiger partial charge < -0.3 is 39.5 Å². The Hall–Kier alpha value is -5.07. The lowest BCUT2D eigenvalue weighted by Crippen LogP contribution is -2.33. The van der Waals surface area contributed by atoms with E-state index in [-0.39, 0.29) is 23.9 Å². The summed E-state index contributed by atoms with van der Waals surface area (Å²) < 4.78 is 33.2. The molecular formula is C42H48N2O9. The molecule has 0 spiro atoms. The van der Waals surface area contributed by atoms with Crippen molar-refractivity contribution in [2.45, 2.75) is 65.8 Å². The van der Waals surface area contributed by atoms with E-state index >= 15 is 0 Å². The number of hydrogen-bond donors (Lipinski definition) is 2. The molecule has 2 aliphatic heterocycles. The summed E-state index contributed by atoms with van der Waals surface area (Å²) in [6, 6.07) is 25.7. The first kappa shape index (κ1) is 39.1. The molecule has 6 rings (SSSR count). The maximum atomic E-state index is 14.4. The highest BCUT2D eigenvalue weighted by molar-refractivity contribution is 6.14. The molecule has 0 bridgehead atoms. The van der Waals surface area contributed by atoms with Crippen LogP contribution >= 0.6 is 0 Å². The van der Waals surface area contributed by atoms with Crippen LogP contribution < -0.4 is 11.1 Å². The fourth-order valence-corrected chi connectivity index (χ4v) is 6.47. The molecule has 0 aromatic heterocycles. The maximum Gasteiger partial charge on any atom is 0.338 e. The molecule has 280 valence electrons. The first-order valence-corrected chi connectivity index (χ1v) is 18.1. The molecule has 4 aromatic carbocycles. The number of carbonyl (C=O) groups excluding carboxylic acids is 3. The molecule has 0 saturated carbocycles. The Morgan fingerprint density at radius 3 is 1.81 bits per heavy atom. The van der Waals surface area contributed by atoms with Crippen molar-refractivity contribution in [2.24, 2.45) is 0 Å². The van der Waals surface area contributed by atoms with Gasteiger partial charge in [0.1, 0.15) is 6.61 Å². The van der Waals surface area contributed by atoms with Crippen molar-refractivity contribution in [3.63, 3.8) is 0 Å². The van der Waals surface area contributed by atoms with Gasteiger partial charge in [0.2, 0.25) is 0 Å². The molecule has 0 saturated heterocycles. The predicted octanol–water partition coefficient (Wildman–Crippen LogP) is 8.08. The zero-order valence-corrected chi connectivity index (χ0v) is 30.9. The topological polar surface area (TPSA) is 145 Å². The molecule has 0 aliphatic carbocycles. The second-order valence-electron chi connectivity index (χ2n) is 12.2. The van der Waals surface area contributed by atoms with Crippen LogP contribution in [0.4, 0.5) is 11.4 Å². The largest absolute Gasteiger partial charge is 0.462 e. The van der Waals surface area contributed by atoms with E-state index in [1.807, 2.05) is 82.3 Å². The first-order valence-electron chi connectivity index (χ1n) is 18.1. The number of ketones is 1. The molecule has 0 radical (unpaired) electrons. The summed E-state index contributed by atoms with van der Waals surface area (Å²) in [5, 5.41) is 3.57. The number of ether oxygens (including phenoxy) is 6. The monoisotopic (exact) mass is 724 g/mol. The molecule has 2 atom stereocenters. The molecule has 53 heavy (non-hydrogen) atoms.